The van der Waals surface area contributed by atoms with Crippen LogP contribution >= 0.6 is 0 Å². The fraction of sp³-hybridized carbons (Fsp3) is 0.348. The third kappa shape index (κ3) is 4.65. The quantitative estimate of drug-likeness (QED) is 0.429. The summed E-state index contributed by atoms with van der Waals surface area (Å²) in [6, 6.07) is 3.70. The summed E-state index contributed by atoms with van der Waals surface area (Å²) in [6.45, 7) is 3.72. The van der Waals surface area contributed by atoms with Gasteiger partial charge in [-0.15, -0.1) is 0 Å². The third-order valence-electron chi connectivity index (χ3n) is 6.26. The largest absolute Gasteiger partial charge is 0.341 e. The minimum absolute atomic E-state index is 0.0900. The van der Waals surface area contributed by atoms with Crippen LogP contribution in [0.25, 0.3) is 5.65 Å². The van der Waals surface area contributed by atoms with Crippen molar-refractivity contribution >= 4 is 33.1 Å². The number of nitrogens with one attached hydrogen (secondary N) is 1. The highest BCUT2D eigenvalue weighted by Gasteiger charge is 2.26. The van der Waals surface area contributed by atoms with Crippen LogP contribution in [0.1, 0.15) is 36.8 Å². The average molecular weight is 497 g/mol. The topological polar surface area (TPSA) is 118 Å². The number of nitrogens with zero attached hydrogens (tertiary/aromatic N) is 7. The lowest BCUT2D eigenvalue weighted by atomic mass is 9.91. The molecule has 1 aliphatic rings. The summed E-state index contributed by atoms with van der Waals surface area (Å²) in [5, 5.41) is 7.35. The van der Waals surface area contributed by atoms with Gasteiger partial charge < -0.3 is 10.2 Å². The van der Waals surface area contributed by atoms with Crippen molar-refractivity contribution in [1.29, 1.82) is 0 Å². The number of halogens is 1. The first-order valence-electron chi connectivity index (χ1n) is 11.3. The maximum absolute atomic E-state index is 14.6. The molecule has 5 rings (SSSR count). The highest BCUT2D eigenvalue weighted by Crippen LogP contribution is 2.32. The molecule has 0 aliphatic carbocycles. The van der Waals surface area contributed by atoms with Crippen molar-refractivity contribution in [2.75, 3.05) is 29.6 Å². The summed E-state index contributed by atoms with van der Waals surface area (Å²) in [5.41, 5.74) is 2.87. The second kappa shape index (κ2) is 9.17. The normalized spacial score (nSPS) is 15.0. The van der Waals surface area contributed by atoms with Gasteiger partial charge in [-0.05, 0) is 48.9 Å². The molecule has 4 aromatic rings. The Balaban J connectivity index is 1.34. The maximum Gasteiger partial charge on any atom is 0.231 e. The molecule has 4 heterocycles. The summed E-state index contributed by atoms with van der Waals surface area (Å²) >= 11 is 0. The summed E-state index contributed by atoms with van der Waals surface area (Å²) in [7, 11) is -3.51. The Morgan fingerprint density at radius 1 is 1.09 bits per heavy atom. The van der Waals surface area contributed by atoms with Crippen LogP contribution in [0.3, 0.4) is 0 Å². The first kappa shape index (κ1) is 23.1. The van der Waals surface area contributed by atoms with Crippen molar-refractivity contribution in [3.05, 3.63) is 60.1 Å². The van der Waals surface area contributed by atoms with Gasteiger partial charge in [0.1, 0.15) is 12.1 Å². The Morgan fingerprint density at radius 2 is 1.83 bits per heavy atom. The Hall–Kier alpha value is -3.67. The van der Waals surface area contributed by atoms with Gasteiger partial charge in [0, 0.05) is 37.3 Å². The Bertz CT molecular complexity index is 1460. The van der Waals surface area contributed by atoms with E-state index >= 15 is 0 Å². The zero-order valence-electron chi connectivity index (χ0n) is 19.4. The van der Waals surface area contributed by atoms with E-state index in [0.717, 1.165) is 61.7 Å². The number of hydrogen-bond acceptors (Lipinski definition) is 9. The van der Waals surface area contributed by atoms with Gasteiger partial charge in [0.15, 0.2) is 15.5 Å². The highest BCUT2D eigenvalue weighted by atomic mass is 32.2. The number of anilines is 3. The van der Waals surface area contributed by atoms with Gasteiger partial charge in [0.05, 0.1) is 16.8 Å². The number of fused-ring (bicyclic) bond motifs is 1. The minimum atomic E-state index is -3.51. The smallest absolute Gasteiger partial charge is 0.231 e. The fourth-order valence-corrected chi connectivity index (χ4v) is 4.87. The van der Waals surface area contributed by atoms with E-state index in [0.29, 0.717) is 5.65 Å². The van der Waals surface area contributed by atoms with Crippen molar-refractivity contribution in [2.45, 2.75) is 37.0 Å². The third-order valence-corrected chi connectivity index (χ3v) is 7.37. The van der Waals surface area contributed by atoms with Gasteiger partial charge in [-0.1, -0.05) is 6.92 Å². The van der Waals surface area contributed by atoms with Gasteiger partial charge >= 0.3 is 0 Å². The van der Waals surface area contributed by atoms with Gasteiger partial charge in [-0.3, -0.25) is 0 Å². The molecule has 1 saturated heterocycles. The van der Waals surface area contributed by atoms with Crippen molar-refractivity contribution in [1.82, 2.24) is 29.5 Å². The van der Waals surface area contributed by atoms with E-state index in [2.05, 4.69) is 42.2 Å². The second-order valence-electron chi connectivity index (χ2n) is 8.58. The number of piperidine rings is 1. The molecule has 0 spiro atoms. The predicted octanol–water partition coefficient (Wildman–Crippen LogP) is 3.15. The zero-order valence-corrected chi connectivity index (χ0v) is 20.2. The maximum atomic E-state index is 14.6. The molecule has 0 bridgehead atoms. The summed E-state index contributed by atoms with van der Waals surface area (Å²) in [4.78, 5) is 19.7. The molecule has 1 aromatic carbocycles. The van der Waals surface area contributed by atoms with Gasteiger partial charge in [0.25, 0.3) is 0 Å². The first-order chi connectivity index (χ1) is 16.8. The molecule has 0 unspecified atom stereocenters. The molecule has 0 saturated carbocycles. The number of benzene rings is 1. The standard InChI is InChI=1S/C23H25FN8O2S/c1-3-15-11-25-22(26-12-15)31-8-6-16(7-9-31)18-13-29-32-21(18)27-14-28-23(32)30-20-5-4-17(10-19(20)24)35(2,33)34/h4-5,10-14,16H,3,6-9H2,1-2H3,(H,27,28,30). The number of rotatable bonds is 6. The summed E-state index contributed by atoms with van der Waals surface area (Å²) < 4.78 is 39.5. The molecule has 0 atom stereocenters. The van der Waals surface area contributed by atoms with Crippen LogP contribution in [0.5, 0.6) is 0 Å². The van der Waals surface area contributed by atoms with Crippen LogP contribution in [-0.2, 0) is 16.3 Å². The molecule has 12 heteroatoms. The summed E-state index contributed by atoms with van der Waals surface area (Å²) in [5.74, 6) is 0.591. The molecule has 1 fully saturated rings. The lowest BCUT2D eigenvalue weighted by Gasteiger charge is -2.31. The van der Waals surface area contributed by atoms with Crippen LogP contribution < -0.4 is 10.2 Å². The van der Waals surface area contributed by atoms with E-state index in [9.17, 15) is 12.8 Å². The molecule has 182 valence electrons. The van der Waals surface area contributed by atoms with E-state index in [1.165, 1.54) is 23.0 Å². The zero-order chi connectivity index (χ0) is 24.6. The summed E-state index contributed by atoms with van der Waals surface area (Å²) in [6.07, 6.45) is 10.7. The van der Waals surface area contributed by atoms with Crippen molar-refractivity contribution in [3.8, 4) is 0 Å². The van der Waals surface area contributed by atoms with E-state index in [1.807, 2.05) is 12.4 Å². The first-order valence-corrected chi connectivity index (χ1v) is 13.2. The van der Waals surface area contributed by atoms with Crippen LogP contribution in [-0.4, -0.2) is 57.3 Å². The van der Waals surface area contributed by atoms with Crippen LogP contribution in [0, 0.1) is 5.82 Å². The molecule has 3 aromatic heterocycles. The fourth-order valence-electron chi connectivity index (χ4n) is 4.24. The van der Waals surface area contributed by atoms with E-state index in [1.54, 1.807) is 6.20 Å². The number of aryl methyl sites for hydroxylation is 1. The van der Waals surface area contributed by atoms with Crippen LogP contribution in [0.15, 0.2) is 48.0 Å². The van der Waals surface area contributed by atoms with Crippen LogP contribution in [0.2, 0.25) is 0 Å². The Morgan fingerprint density at radius 3 is 2.49 bits per heavy atom. The Kier molecular flexibility index (Phi) is 6.05. The molecular formula is C23H25FN8O2S. The van der Waals surface area contributed by atoms with E-state index in [-0.39, 0.29) is 22.4 Å². The molecular weight excluding hydrogens is 471 g/mol. The highest BCUT2D eigenvalue weighted by molar-refractivity contribution is 7.90. The predicted molar refractivity (Wildman–Crippen MR) is 129 cm³/mol. The van der Waals surface area contributed by atoms with Crippen molar-refractivity contribution < 1.29 is 12.8 Å². The van der Waals surface area contributed by atoms with Gasteiger partial charge in [-0.25, -0.2) is 32.7 Å². The molecule has 35 heavy (non-hydrogen) atoms. The number of hydrogen-bond donors (Lipinski definition) is 1. The van der Waals surface area contributed by atoms with Crippen molar-refractivity contribution in [3.63, 3.8) is 0 Å². The molecule has 0 radical (unpaired) electrons. The Labute approximate surface area is 202 Å². The molecule has 10 nitrogen and oxygen atoms in total. The lowest BCUT2D eigenvalue weighted by molar-refractivity contribution is 0.501. The molecule has 1 aliphatic heterocycles. The monoisotopic (exact) mass is 496 g/mol. The van der Waals surface area contributed by atoms with Gasteiger partial charge in [-0.2, -0.15) is 9.61 Å². The molecule has 0 amide bonds. The molecule has 1 N–H and O–H groups in total. The number of sulfone groups is 1. The van der Waals surface area contributed by atoms with Gasteiger partial charge in [0.2, 0.25) is 11.9 Å². The second-order valence-corrected chi connectivity index (χ2v) is 10.6. The van der Waals surface area contributed by atoms with E-state index in [4.69, 9.17) is 0 Å². The lowest BCUT2D eigenvalue weighted by Crippen LogP contribution is -2.34. The average Bonchev–Trinajstić information content (AvgIpc) is 3.30. The van der Waals surface area contributed by atoms with Crippen molar-refractivity contribution in [2.24, 2.45) is 0 Å². The van der Waals surface area contributed by atoms with E-state index < -0.39 is 15.7 Å². The van der Waals surface area contributed by atoms with Crippen LogP contribution in [0.4, 0.5) is 22.0 Å². The number of aromatic nitrogens is 6. The minimum Gasteiger partial charge on any atom is -0.341 e. The SMILES string of the molecule is CCc1cnc(N2CCC(c3cnn4c(Nc5ccc(S(C)(=O)=O)cc5F)ncnc34)CC2)nc1.